The molecule has 4 nitrogen and oxygen atoms in total. The van der Waals surface area contributed by atoms with Crippen LogP contribution in [0.3, 0.4) is 0 Å². The Morgan fingerprint density at radius 2 is 0.437 bits per heavy atom. The molecule has 0 N–H and O–H groups in total. The van der Waals surface area contributed by atoms with Crippen molar-refractivity contribution in [2.75, 3.05) is 65.5 Å². The van der Waals surface area contributed by atoms with Crippen molar-refractivity contribution in [3.63, 3.8) is 0 Å². The molecule has 0 bridgehead atoms. The number of anilines is 4. The molecule has 0 saturated carbocycles. The van der Waals surface area contributed by atoms with Gasteiger partial charge in [-0.1, -0.05) is 298 Å². The Balaban J connectivity index is 1.24. The first-order valence-electron chi connectivity index (χ1n) is 32.2. The fourth-order valence-corrected chi connectivity index (χ4v) is 14.0. The Labute approximate surface area is 521 Å². The van der Waals surface area contributed by atoms with Crippen LogP contribution >= 0.6 is 0 Å². The largest absolute Gasteiger partial charge is 0.371 e. The number of benzene rings is 10. The van der Waals surface area contributed by atoms with E-state index >= 15 is 0 Å². The van der Waals surface area contributed by atoms with E-state index in [0.717, 1.165) is 39.3 Å². The molecule has 0 spiro atoms. The lowest BCUT2D eigenvalue weighted by Gasteiger charge is -2.37. The van der Waals surface area contributed by atoms with E-state index in [1.165, 1.54) is 89.5 Å². The van der Waals surface area contributed by atoms with Crippen molar-refractivity contribution in [2.45, 2.75) is 79.1 Å². The SMILES string of the molecule is CC(C)CN(CC(C)C)c1cc(C(c2ccccc2)c2ccccc2)c(N2CCN(c3c(C(c4ccccc4)c4ccccc4)cc(N(CC(C)C)CC(C)C)cc3C(c3ccccc3)c3ccccc3)C2)c(C(c2ccccc2)c2ccccc2)c1. The maximum absolute atomic E-state index is 2.80. The Morgan fingerprint density at radius 3 is 0.598 bits per heavy atom. The summed E-state index contributed by atoms with van der Waals surface area (Å²) in [5.41, 5.74) is 20.8. The van der Waals surface area contributed by atoms with E-state index < -0.39 is 0 Å². The zero-order valence-corrected chi connectivity index (χ0v) is 52.8. The van der Waals surface area contributed by atoms with E-state index in [2.05, 4.69) is 342 Å². The number of hydrogen-bond donors (Lipinski definition) is 0. The molecular formula is C83H90N4. The molecule has 0 radical (unpaired) electrons. The quantitative estimate of drug-likeness (QED) is 0.0559. The van der Waals surface area contributed by atoms with Gasteiger partial charge in [-0.3, -0.25) is 0 Å². The molecule has 0 aliphatic carbocycles. The molecule has 0 aromatic heterocycles. The molecule has 1 aliphatic rings. The van der Waals surface area contributed by atoms with Gasteiger partial charge in [0.1, 0.15) is 0 Å². The van der Waals surface area contributed by atoms with Crippen LogP contribution in [-0.2, 0) is 0 Å². The number of nitrogens with zero attached hydrogens (tertiary/aromatic N) is 4. The van der Waals surface area contributed by atoms with Crippen LogP contribution in [0, 0.1) is 23.7 Å². The van der Waals surface area contributed by atoms with Gasteiger partial charge in [-0.15, -0.1) is 0 Å². The third-order valence-corrected chi connectivity index (χ3v) is 17.3. The molecule has 1 fully saturated rings. The summed E-state index contributed by atoms with van der Waals surface area (Å²) in [4.78, 5) is 11.0. The Bertz CT molecular complexity index is 3070. The van der Waals surface area contributed by atoms with Gasteiger partial charge in [0.15, 0.2) is 0 Å². The second kappa shape index (κ2) is 28.3. The third kappa shape index (κ3) is 14.1. The van der Waals surface area contributed by atoms with Crippen molar-refractivity contribution in [1.82, 2.24) is 0 Å². The van der Waals surface area contributed by atoms with Crippen molar-refractivity contribution < 1.29 is 0 Å². The smallest absolute Gasteiger partial charge is 0.0904 e. The summed E-state index contributed by atoms with van der Waals surface area (Å²) >= 11 is 0. The summed E-state index contributed by atoms with van der Waals surface area (Å²) < 4.78 is 0. The van der Waals surface area contributed by atoms with Crippen LogP contribution in [0.5, 0.6) is 0 Å². The van der Waals surface area contributed by atoms with Crippen LogP contribution < -0.4 is 19.6 Å². The standard InChI is InChI=1S/C83H90N4/c1-60(2)55-86(56-61(3)4)72-51-74(78(64-33-17-9-18-34-64)65-35-19-10-20-36-65)82(75(52-72)79(66-37-21-11-22-38-66)67-39-23-12-24-40-67)84-49-50-85(59-84)83-76(80(68-41-25-13-26-42-68)69-43-27-14-28-44-69)53-73(87(57-62(5)6)58-63(7)8)54-77(83)81(70-45-29-15-30-46-70)71-47-31-16-32-48-71/h9-48,51-54,60-63,78-81H,49-50,55-59H2,1-8H3. The Hall–Kier alpha value is -8.60. The second-order valence-corrected chi connectivity index (χ2v) is 26.0. The third-order valence-electron chi connectivity index (χ3n) is 17.3. The maximum atomic E-state index is 2.80. The molecular weight excluding hydrogens is 1050 g/mol. The average Bonchev–Trinajstić information content (AvgIpc) is 1.81. The molecule has 10 aromatic carbocycles. The highest BCUT2D eigenvalue weighted by atomic mass is 15.4. The minimum absolute atomic E-state index is 0.0679. The lowest BCUT2D eigenvalue weighted by molar-refractivity contribution is 0.552. The predicted octanol–water partition coefficient (Wildman–Crippen LogP) is 19.9. The second-order valence-electron chi connectivity index (χ2n) is 26.0. The zero-order chi connectivity index (χ0) is 60.2. The van der Waals surface area contributed by atoms with Gasteiger partial charge >= 0.3 is 0 Å². The van der Waals surface area contributed by atoms with Gasteiger partial charge in [-0.25, -0.2) is 0 Å². The van der Waals surface area contributed by atoms with Crippen molar-refractivity contribution in [3.8, 4) is 0 Å². The fraction of sp³-hybridized carbons (Fsp3) is 0.277. The summed E-state index contributed by atoms with van der Waals surface area (Å²) in [6.07, 6.45) is 0. The van der Waals surface area contributed by atoms with Crippen LogP contribution in [0.1, 0.15) is 146 Å². The molecule has 1 aliphatic heterocycles. The molecule has 10 aromatic rings. The van der Waals surface area contributed by atoms with Gasteiger partial charge in [0.2, 0.25) is 0 Å². The molecule has 4 heteroatoms. The lowest BCUT2D eigenvalue weighted by Crippen LogP contribution is -2.33. The number of hydrogen-bond acceptors (Lipinski definition) is 4. The molecule has 1 heterocycles. The predicted molar refractivity (Wildman–Crippen MR) is 372 cm³/mol. The van der Waals surface area contributed by atoms with E-state index in [1.54, 1.807) is 0 Å². The van der Waals surface area contributed by atoms with Gasteiger partial charge in [-0.05, 0) is 115 Å². The minimum Gasteiger partial charge on any atom is -0.371 e. The van der Waals surface area contributed by atoms with Gasteiger partial charge in [0, 0.05) is 85.7 Å². The lowest BCUT2D eigenvalue weighted by atomic mass is 9.78. The monoisotopic (exact) mass is 1140 g/mol. The topological polar surface area (TPSA) is 13.0 Å². The zero-order valence-electron chi connectivity index (χ0n) is 52.8. The van der Waals surface area contributed by atoms with Crippen molar-refractivity contribution in [3.05, 3.63) is 334 Å². The minimum atomic E-state index is -0.0679. The van der Waals surface area contributed by atoms with E-state index in [9.17, 15) is 0 Å². The summed E-state index contributed by atoms with van der Waals surface area (Å²) in [5, 5.41) is 0. The Kier molecular flexibility index (Phi) is 19.5. The normalized spacial score (nSPS) is 12.7. The summed E-state index contributed by atoms with van der Waals surface area (Å²) in [5.74, 6) is 1.58. The summed E-state index contributed by atoms with van der Waals surface area (Å²) in [7, 11) is 0. The van der Waals surface area contributed by atoms with Crippen LogP contribution in [0.2, 0.25) is 0 Å². The van der Waals surface area contributed by atoms with E-state index in [4.69, 9.17) is 0 Å². The van der Waals surface area contributed by atoms with Crippen LogP contribution in [0.4, 0.5) is 22.7 Å². The maximum Gasteiger partial charge on any atom is 0.0904 e. The highest BCUT2D eigenvalue weighted by Gasteiger charge is 2.38. The molecule has 87 heavy (non-hydrogen) atoms. The van der Waals surface area contributed by atoms with Crippen molar-refractivity contribution in [1.29, 1.82) is 0 Å². The van der Waals surface area contributed by atoms with Gasteiger partial charge in [0.05, 0.1) is 6.67 Å². The molecule has 442 valence electrons. The average molecular weight is 1140 g/mol. The summed E-state index contributed by atoms with van der Waals surface area (Å²) in [6, 6.07) is 101. The number of rotatable bonds is 24. The van der Waals surface area contributed by atoms with Gasteiger partial charge < -0.3 is 19.6 Å². The molecule has 0 unspecified atom stereocenters. The van der Waals surface area contributed by atoms with Crippen molar-refractivity contribution >= 4 is 22.7 Å². The fourth-order valence-electron chi connectivity index (χ4n) is 14.0. The highest BCUT2D eigenvalue weighted by molar-refractivity contribution is 5.78. The van der Waals surface area contributed by atoms with Crippen molar-refractivity contribution in [2.24, 2.45) is 23.7 Å². The van der Waals surface area contributed by atoms with E-state index in [0.29, 0.717) is 30.3 Å². The molecule has 0 atom stereocenters. The first-order chi connectivity index (χ1) is 42.5. The van der Waals surface area contributed by atoms with E-state index in [1.807, 2.05) is 0 Å². The molecule has 1 saturated heterocycles. The summed E-state index contributed by atoms with van der Waals surface area (Å²) in [6.45, 7) is 25.1. The first kappa shape index (κ1) is 60.1. The van der Waals surface area contributed by atoms with Gasteiger partial charge in [0.25, 0.3) is 0 Å². The molecule has 0 amide bonds. The van der Waals surface area contributed by atoms with Crippen LogP contribution in [0.15, 0.2) is 267 Å². The van der Waals surface area contributed by atoms with Gasteiger partial charge in [-0.2, -0.15) is 0 Å². The van der Waals surface area contributed by atoms with E-state index in [-0.39, 0.29) is 23.7 Å². The van der Waals surface area contributed by atoms with Crippen LogP contribution in [0.25, 0.3) is 0 Å². The molecule has 11 rings (SSSR count). The highest BCUT2D eigenvalue weighted by Crippen LogP contribution is 2.51. The first-order valence-corrected chi connectivity index (χ1v) is 32.2. The van der Waals surface area contributed by atoms with Crippen LogP contribution in [-0.4, -0.2) is 45.9 Å². The Morgan fingerprint density at radius 1 is 0.264 bits per heavy atom.